The summed E-state index contributed by atoms with van der Waals surface area (Å²) in [5.74, 6) is 4.07. The second-order valence-electron chi connectivity index (χ2n) is 5.29. The van der Waals surface area contributed by atoms with Crippen molar-refractivity contribution in [3.05, 3.63) is 17.1 Å². The van der Waals surface area contributed by atoms with Gasteiger partial charge in [-0.05, 0) is 54.5 Å². The summed E-state index contributed by atoms with van der Waals surface area (Å²) in [6, 6.07) is 0. The van der Waals surface area contributed by atoms with Crippen molar-refractivity contribution >= 4 is 17.3 Å². The molecule has 78 valence electrons. The van der Waals surface area contributed by atoms with Crippen molar-refractivity contribution in [2.45, 2.75) is 19.3 Å². The van der Waals surface area contributed by atoms with Gasteiger partial charge in [0.15, 0.2) is 5.78 Å². The molecule has 1 aromatic rings. The van der Waals surface area contributed by atoms with E-state index in [-0.39, 0.29) is 0 Å². The normalized spacial score (nSPS) is 45.5. The lowest BCUT2D eigenvalue weighted by molar-refractivity contribution is 0.0945. The largest absolute Gasteiger partial charge is 0.294 e. The topological polar surface area (TPSA) is 30.0 Å². The first kappa shape index (κ1) is 8.45. The zero-order valence-electron chi connectivity index (χ0n) is 8.43. The maximum absolute atomic E-state index is 12.2. The number of ketones is 1. The minimum Gasteiger partial charge on any atom is -0.294 e. The minimum atomic E-state index is 0.382. The summed E-state index contributed by atoms with van der Waals surface area (Å²) in [4.78, 5) is 12.2. The van der Waals surface area contributed by atoms with Crippen molar-refractivity contribution in [2.75, 3.05) is 0 Å². The molecule has 1 heterocycles. The van der Waals surface area contributed by atoms with Crippen LogP contribution in [0.4, 0.5) is 0 Å². The molecule has 3 aliphatic carbocycles. The summed E-state index contributed by atoms with van der Waals surface area (Å²) in [6.45, 7) is 0. The molecular formula is C12H13NOS. The molecule has 4 rings (SSSR count). The van der Waals surface area contributed by atoms with E-state index in [4.69, 9.17) is 0 Å². The van der Waals surface area contributed by atoms with Crippen LogP contribution in [0.3, 0.4) is 0 Å². The Labute approximate surface area is 92.9 Å². The predicted molar refractivity (Wildman–Crippen MR) is 57.7 cm³/mol. The van der Waals surface area contributed by atoms with Crippen molar-refractivity contribution in [3.8, 4) is 0 Å². The van der Waals surface area contributed by atoms with Gasteiger partial charge < -0.3 is 0 Å². The fourth-order valence-electron chi connectivity index (χ4n) is 4.19. The van der Waals surface area contributed by atoms with Gasteiger partial charge in [0, 0.05) is 16.9 Å². The first-order chi connectivity index (χ1) is 7.36. The lowest BCUT2D eigenvalue weighted by Crippen LogP contribution is -2.09. The molecule has 4 atom stereocenters. The molecule has 3 heteroatoms. The zero-order valence-corrected chi connectivity index (χ0v) is 9.24. The first-order valence-electron chi connectivity index (χ1n) is 5.80. The molecule has 2 nitrogen and oxygen atoms in total. The maximum atomic E-state index is 12.2. The molecule has 0 saturated heterocycles. The number of Topliss-reactive ketones (excluding diaryl/α,β-unsaturated/α-hetero) is 1. The first-order valence-corrected chi connectivity index (χ1v) is 6.63. The summed E-state index contributed by atoms with van der Waals surface area (Å²) >= 11 is 1.39. The quantitative estimate of drug-likeness (QED) is 0.716. The molecule has 1 aromatic heterocycles. The van der Waals surface area contributed by atoms with Gasteiger partial charge in [0.2, 0.25) is 0 Å². The number of nitrogens with zero attached hydrogens (tertiary/aromatic N) is 1. The number of aromatic nitrogens is 1. The van der Waals surface area contributed by atoms with E-state index >= 15 is 0 Å². The molecule has 3 saturated carbocycles. The molecule has 0 spiro atoms. The van der Waals surface area contributed by atoms with Gasteiger partial charge in [0.05, 0.1) is 6.20 Å². The van der Waals surface area contributed by atoms with Crippen molar-refractivity contribution in [1.82, 2.24) is 4.37 Å². The van der Waals surface area contributed by atoms with Gasteiger partial charge in [-0.2, -0.15) is 0 Å². The van der Waals surface area contributed by atoms with Gasteiger partial charge in [-0.3, -0.25) is 4.79 Å². The Kier molecular flexibility index (Phi) is 1.52. The van der Waals surface area contributed by atoms with Gasteiger partial charge >= 0.3 is 0 Å². The maximum Gasteiger partial charge on any atom is 0.168 e. The predicted octanol–water partition coefficient (Wildman–Crippen LogP) is 2.62. The van der Waals surface area contributed by atoms with Crippen molar-refractivity contribution in [2.24, 2.45) is 29.6 Å². The van der Waals surface area contributed by atoms with E-state index in [1.54, 1.807) is 6.20 Å². The van der Waals surface area contributed by atoms with Crippen LogP contribution in [-0.4, -0.2) is 10.2 Å². The molecule has 4 unspecified atom stereocenters. The number of carbonyl (C=O) groups excluding carboxylic acids is 1. The molecule has 0 N–H and O–H groups in total. The molecule has 3 aliphatic rings. The fourth-order valence-corrected chi connectivity index (χ4v) is 4.72. The third-order valence-corrected chi connectivity index (χ3v) is 5.34. The Balaban J connectivity index is 1.60. The summed E-state index contributed by atoms with van der Waals surface area (Å²) in [7, 11) is 0. The van der Waals surface area contributed by atoms with Crippen LogP contribution in [0.5, 0.6) is 0 Å². The van der Waals surface area contributed by atoms with Crippen molar-refractivity contribution in [3.63, 3.8) is 0 Å². The molecule has 15 heavy (non-hydrogen) atoms. The molecular weight excluding hydrogens is 206 g/mol. The monoisotopic (exact) mass is 219 g/mol. The Bertz CT molecular complexity index is 397. The number of rotatable bonds is 2. The van der Waals surface area contributed by atoms with Crippen molar-refractivity contribution in [1.29, 1.82) is 0 Å². The third-order valence-electron chi connectivity index (χ3n) is 4.75. The molecule has 0 aliphatic heterocycles. The van der Waals surface area contributed by atoms with Gasteiger partial charge in [-0.15, -0.1) is 0 Å². The third kappa shape index (κ3) is 0.996. The van der Waals surface area contributed by atoms with E-state index < -0.39 is 0 Å². The summed E-state index contributed by atoms with van der Waals surface area (Å²) in [5.41, 5.74) is 0.860. The van der Waals surface area contributed by atoms with Crippen LogP contribution in [0.25, 0.3) is 0 Å². The van der Waals surface area contributed by atoms with E-state index in [9.17, 15) is 4.79 Å². The second kappa shape index (κ2) is 2.70. The highest BCUT2D eigenvalue weighted by atomic mass is 32.1. The number of hydrogen-bond donors (Lipinski definition) is 0. The Morgan fingerprint density at radius 1 is 1.33 bits per heavy atom. The lowest BCUT2D eigenvalue weighted by atomic mass is 9.98. The summed E-state index contributed by atoms with van der Waals surface area (Å²) in [5, 5.41) is 1.90. The smallest absolute Gasteiger partial charge is 0.168 e. The van der Waals surface area contributed by atoms with Crippen molar-refractivity contribution < 1.29 is 4.79 Å². The van der Waals surface area contributed by atoms with Crippen LogP contribution in [-0.2, 0) is 0 Å². The van der Waals surface area contributed by atoms with E-state index in [0.717, 1.165) is 29.2 Å². The molecule has 0 radical (unpaired) electrons. The Morgan fingerprint density at radius 3 is 2.67 bits per heavy atom. The highest BCUT2D eigenvalue weighted by Gasteiger charge is 2.67. The van der Waals surface area contributed by atoms with Crippen LogP contribution >= 0.6 is 11.5 Å². The van der Waals surface area contributed by atoms with E-state index in [0.29, 0.717) is 11.7 Å². The van der Waals surface area contributed by atoms with E-state index in [1.807, 2.05) is 5.38 Å². The zero-order chi connectivity index (χ0) is 9.99. The number of fused-ring (bicyclic) bond motifs is 5. The van der Waals surface area contributed by atoms with E-state index in [2.05, 4.69) is 4.37 Å². The highest BCUT2D eigenvalue weighted by Crippen LogP contribution is 2.69. The van der Waals surface area contributed by atoms with Gasteiger partial charge in [-0.25, -0.2) is 4.37 Å². The Hall–Kier alpha value is -0.700. The second-order valence-corrected chi connectivity index (χ2v) is 5.95. The van der Waals surface area contributed by atoms with E-state index in [1.165, 1.54) is 30.8 Å². The summed E-state index contributed by atoms with van der Waals surface area (Å²) in [6.07, 6.45) is 5.93. The lowest BCUT2D eigenvalue weighted by Gasteiger charge is -2.05. The Morgan fingerprint density at radius 2 is 2.07 bits per heavy atom. The van der Waals surface area contributed by atoms with Gasteiger partial charge in [0.25, 0.3) is 0 Å². The molecule has 0 aromatic carbocycles. The van der Waals surface area contributed by atoms with Crippen LogP contribution in [0.1, 0.15) is 29.6 Å². The van der Waals surface area contributed by atoms with Gasteiger partial charge in [0.1, 0.15) is 0 Å². The fraction of sp³-hybridized carbons (Fsp3) is 0.667. The summed E-state index contributed by atoms with van der Waals surface area (Å²) < 4.78 is 4.02. The standard InChI is InChI=1S/C12H13NOS/c14-12(8-4-13-15-5-8)11-9-6-1-2-7(3-6)10(9)11/h4-7,9-11H,1-3H2. The number of carbonyl (C=O) groups is 1. The molecule has 3 fully saturated rings. The molecule has 0 amide bonds. The van der Waals surface area contributed by atoms with Gasteiger partial charge in [-0.1, -0.05) is 0 Å². The highest BCUT2D eigenvalue weighted by molar-refractivity contribution is 7.03. The van der Waals surface area contributed by atoms with Crippen LogP contribution in [0.2, 0.25) is 0 Å². The SMILES string of the molecule is O=C(c1cnsc1)C1C2C3CCC(C3)C12. The van der Waals surface area contributed by atoms with Crippen LogP contribution < -0.4 is 0 Å². The number of hydrogen-bond acceptors (Lipinski definition) is 3. The van der Waals surface area contributed by atoms with Crippen LogP contribution in [0, 0.1) is 29.6 Å². The minimum absolute atomic E-state index is 0.382. The average molecular weight is 219 g/mol. The molecule has 2 bridgehead atoms. The average Bonchev–Trinajstić information content (AvgIpc) is 2.70. The van der Waals surface area contributed by atoms with Crippen LogP contribution in [0.15, 0.2) is 11.6 Å².